The van der Waals surface area contributed by atoms with Crippen molar-refractivity contribution in [3.8, 4) is 0 Å². The molecule has 0 unspecified atom stereocenters. The number of aryl methyl sites for hydroxylation is 1. The second-order valence-corrected chi connectivity index (χ2v) is 8.59. The summed E-state index contributed by atoms with van der Waals surface area (Å²) in [5.74, 6) is 0.762. The first-order valence-electron chi connectivity index (χ1n) is 9.47. The number of rotatable bonds is 3. The molecule has 1 aromatic carbocycles. The average Bonchev–Trinajstić information content (AvgIpc) is 3.06. The summed E-state index contributed by atoms with van der Waals surface area (Å²) in [4.78, 5) is 17.3. The minimum atomic E-state index is 0.0257. The first-order valence-corrected chi connectivity index (χ1v) is 10.3. The van der Waals surface area contributed by atoms with Crippen molar-refractivity contribution in [3.63, 3.8) is 0 Å². The van der Waals surface area contributed by atoms with E-state index < -0.39 is 0 Å². The Morgan fingerprint density at radius 3 is 2.68 bits per heavy atom. The van der Waals surface area contributed by atoms with Crippen LogP contribution >= 0.6 is 11.3 Å². The number of hydrogen-bond acceptors (Lipinski definition) is 3. The molecule has 0 bridgehead atoms. The normalized spacial score (nSPS) is 20.2. The highest BCUT2D eigenvalue weighted by molar-refractivity contribution is 7.14. The van der Waals surface area contributed by atoms with Crippen molar-refractivity contribution in [2.45, 2.75) is 45.4 Å². The van der Waals surface area contributed by atoms with E-state index in [1.54, 1.807) is 11.3 Å². The van der Waals surface area contributed by atoms with E-state index in [2.05, 4.69) is 35.3 Å². The molecule has 1 aliphatic carbocycles. The number of carbonyl (C=O) groups is 1. The smallest absolute Gasteiger partial charge is 0.265 e. The molecule has 25 heavy (non-hydrogen) atoms. The van der Waals surface area contributed by atoms with Gasteiger partial charge in [-0.3, -0.25) is 4.79 Å². The van der Waals surface area contributed by atoms with Gasteiger partial charge in [-0.25, -0.2) is 0 Å². The second kappa shape index (κ2) is 7.20. The van der Waals surface area contributed by atoms with Crippen LogP contribution in [0.4, 0.5) is 11.4 Å². The summed E-state index contributed by atoms with van der Waals surface area (Å²) in [6, 6.07) is 10.4. The lowest BCUT2D eigenvalue weighted by Crippen LogP contribution is -2.29. The first-order chi connectivity index (χ1) is 12.2. The molecule has 1 aromatic heterocycles. The Balaban J connectivity index is 1.42. The summed E-state index contributed by atoms with van der Waals surface area (Å²) in [5, 5.41) is 3.06. The van der Waals surface area contributed by atoms with Crippen LogP contribution in [0.1, 0.15) is 52.7 Å². The van der Waals surface area contributed by atoms with Gasteiger partial charge in [-0.1, -0.05) is 6.92 Å². The zero-order chi connectivity index (χ0) is 17.2. The van der Waals surface area contributed by atoms with Crippen LogP contribution in [0, 0.1) is 5.92 Å². The standard InChI is InChI=1S/C21H26N2OS/c1-15-5-10-19-16(13-15)14-20(25-19)21(24)22-17-6-8-18(9-7-17)23-11-3-2-4-12-23/h6-9,14-15H,2-5,10-13H2,1H3,(H,22,24)/t15-/m0/s1. The van der Waals surface area contributed by atoms with E-state index in [-0.39, 0.29) is 5.91 Å². The quantitative estimate of drug-likeness (QED) is 0.830. The fourth-order valence-corrected chi connectivity index (χ4v) is 5.02. The van der Waals surface area contributed by atoms with Gasteiger partial charge in [0.2, 0.25) is 0 Å². The van der Waals surface area contributed by atoms with Gasteiger partial charge in [0.05, 0.1) is 4.88 Å². The van der Waals surface area contributed by atoms with Gasteiger partial charge < -0.3 is 10.2 Å². The molecular weight excluding hydrogens is 328 g/mol. The number of nitrogens with one attached hydrogen (secondary N) is 1. The van der Waals surface area contributed by atoms with Crippen molar-refractivity contribution in [2.24, 2.45) is 5.92 Å². The number of amides is 1. The second-order valence-electron chi connectivity index (χ2n) is 7.46. The first kappa shape index (κ1) is 16.6. The molecular formula is C21H26N2OS. The summed E-state index contributed by atoms with van der Waals surface area (Å²) in [6.07, 6.45) is 7.38. The fraction of sp³-hybridized carbons (Fsp3) is 0.476. The van der Waals surface area contributed by atoms with E-state index >= 15 is 0 Å². The molecule has 3 nitrogen and oxygen atoms in total. The van der Waals surface area contributed by atoms with Crippen molar-refractivity contribution in [1.29, 1.82) is 0 Å². The largest absolute Gasteiger partial charge is 0.372 e. The summed E-state index contributed by atoms with van der Waals surface area (Å²) in [5.41, 5.74) is 3.53. The Morgan fingerprint density at radius 1 is 1.16 bits per heavy atom. The van der Waals surface area contributed by atoms with Crippen LogP contribution in [0.5, 0.6) is 0 Å². The Kier molecular flexibility index (Phi) is 4.80. The van der Waals surface area contributed by atoms with E-state index in [4.69, 9.17) is 0 Å². The van der Waals surface area contributed by atoms with Crippen molar-refractivity contribution in [3.05, 3.63) is 45.6 Å². The molecule has 4 heteroatoms. The lowest BCUT2D eigenvalue weighted by molar-refractivity contribution is 0.103. The average molecular weight is 355 g/mol. The SMILES string of the molecule is C[C@H]1CCc2sc(C(=O)Nc3ccc(N4CCCCC4)cc3)cc2C1. The minimum Gasteiger partial charge on any atom is -0.372 e. The monoisotopic (exact) mass is 354 g/mol. The number of fused-ring (bicyclic) bond motifs is 1. The highest BCUT2D eigenvalue weighted by atomic mass is 32.1. The summed E-state index contributed by atoms with van der Waals surface area (Å²) >= 11 is 1.67. The van der Waals surface area contributed by atoms with Crippen molar-refractivity contribution < 1.29 is 4.79 Å². The maximum Gasteiger partial charge on any atom is 0.265 e. The maximum absolute atomic E-state index is 12.6. The maximum atomic E-state index is 12.6. The Morgan fingerprint density at radius 2 is 1.92 bits per heavy atom. The van der Waals surface area contributed by atoms with Gasteiger partial charge in [-0.15, -0.1) is 11.3 Å². The third-order valence-electron chi connectivity index (χ3n) is 5.40. The molecule has 1 fully saturated rings. The van der Waals surface area contributed by atoms with Gasteiger partial charge in [-0.2, -0.15) is 0 Å². The molecule has 0 spiro atoms. The number of nitrogens with zero attached hydrogens (tertiary/aromatic N) is 1. The number of carbonyl (C=O) groups excluding carboxylic acids is 1. The van der Waals surface area contributed by atoms with E-state index in [9.17, 15) is 4.79 Å². The molecule has 1 N–H and O–H groups in total. The third kappa shape index (κ3) is 3.74. The number of hydrogen-bond donors (Lipinski definition) is 1. The Labute approximate surface area is 154 Å². The van der Waals surface area contributed by atoms with Crippen molar-refractivity contribution >= 4 is 28.6 Å². The van der Waals surface area contributed by atoms with Crippen LogP contribution in [-0.2, 0) is 12.8 Å². The molecule has 1 saturated heterocycles. The molecule has 2 aliphatic rings. The zero-order valence-electron chi connectivity index (χ0n) is 14.9. The van der Waals surface area contributed by atoms with E-state index in [1.165, 1.54) is 41.8 Å². The molecule has 2 aromatic rings. The molecule has 0 radical (unpaired) electrons. The number of thiophene rings is 1. The molecule has 4 rings (SSSR count). The topological polar surface area (TPSA) is 32.3 Å². The van der Waals surface area contributed by atoms with Gasteiger partial charge in [0.25, 0.3) is 5.91 Å². The van der Waals surface area contributed by atoms with Gasteiger partial charge in [0, 0.05) is 29.3 Å². The fourth-order valence-electron chi connectivity index (χ4n) is 3.92. The van der Waals surface area contributed by atoms with E-state index in [1.807, 2.05) is 12.1 Å². The van der Waals surface area contributed by atoms with Crippen LogP contribution in [0.15, 0.2) is 30.3 Å². The van der Waals surface area contributed by atoms with Crippen LogP contribution in [0.2, 0.25) is 0 Å². The molecule has 2 heterocycles. The summed E-state index contributed by atoms with van der Waals surface area (Å²) in [6.45, 7) is 4.58. The van der Waals surface area contributed by atoms with Crippen LogP contribution in [0.25, 0.3) is 0 Å². The molecule has 1 atom stereocenters. The number of piperidine rings is 1. The van der Waals surface area contributed by atoms with Gasteiger partial charge in [-0.05, 0) is 80.3 Å². The number of anilines is 2. The number of benzene rings is 1. The zero-order valence-corrected chi connectivity index (χ0v) is 15.7. The summed E-state index contributed by atoms with van der Waals surface area (Å²) < 4.78 is 0. The lowest BCUT2D eigenvalue weighted by atomic mass is 9.90. The predicted molar refractivity (Wildman–Crippen MR) is 106 cm³/mol. The predicted octanol–water partition coefficient (Wildman–Crippen LogP) is 5.12. The third-order valence-corrected chi connectivity index (χ3v) is 6.64. The Bertz CT molecular complexity index is 744. The van der Waals surface area contributed by atoms with Gasteiger partial charge in [0.1, 0.15) is 0 Å². The molecule has 132 valence electrons. The van der Waals surface area contributed by atoms with Gasteiger partial charge in [0.15, 0.2) is 0 Å². The van der Waals surface area contributed by atoms with Crippen LogP contribution in [0.3, 0.4) is 0 Å². The van der Waals surface area contributed by atoms with Crippen molar-refractivity contribution in [1.82, 2.24) is 0 Å². The highest BCUT2D eigenvalue weighted by Crippen LogP contribution is 2.32. The van der Waals surface area contributed by atoms with Crippen LogP contribution in [-0.4, -0.2) is 19.0 Å². The molecule has 1 amide bonds. The lowest BCUT2D eigenvalue weighted by Gasteiger charge is -2.28. The van der Waals surface area contributed by atoms with E-state index in [0.717, 1.165) is 42.4 Å². The van der Waals surface area contributed by atoms with Crippen molar-refractivity contribution in [2.75, 3.05) is 23.3 Å². The highest BCUT2D eigenvalue weighted by Gasteiger charge is 2.20. The Hall–Kier alpha value is -1.81. The van der Waals surface area contributed by atoms with Crippen LogP contribution < -0.4 is 10.2 Å². The molecule has 1 aliphatic heterocycles. The molecule has 0 saturated carbocycles. The summed E-state index contributed by atoms with van der Waals surface area (Å²) in [7, 11) is 0. The van der Waals surface area contributed by atoms with Gasteiger partial charge >= 0.3 is 0 Å². The van der Waals surface area contributed by atoms with E-state index in [0.29, 0.717) is 0 Å². The minimum absolute atomic E-state index is 0.0257.